The number of thiazole rings is 1. The summed E-state index contributed by atoms with van der Waals surface area (Å²) in [4.78, 5) is 32.0. The van der Waals surface area contributed by atoms with E-state index in [0.717, 1.165) is 24.1 Å². The molecule has 1 aromatic carbocycles. The van der Waals surface area contributed by atoms with Crippen molar-refractivity contribution in [2.75, 3.05) is 0 Å². The molecule has 142 valence electrons. The van der Waals surface area contributed by atoms with Gasteiger partial charge in [0.1, 0.15) is 0 Å². The maximum atomic E-state index is 13.4. The van der Waals surface area contributed by atoms with Crippen molar-refractivity contribution in [2.45, 2.75) is 51.2 Å². The number of nitrogens with zero attached hydrogens (tertiary/aromatic N) is 2. The minimum absolute atomic E-state index is 0.00568. The van der Waals surface area contributed by atoms with E-state index >= 15 is 0 Å². The van der Waals surface area contributed by atoms with Gasteiger partial charge in [-0.1, -0.05) is 29.8 Å². The quantitative estimate of drug-likeness (QED) is 0.831. The zero-order chi connectivity index (χ0) is 19.0. The Labute approximate surface area is 167 Å². The molecule has 27 heavy (non-hydrogen) atoms. The van der Waals surface area contributed by atoms with Gasteiger partial charge in [0.25, 0.3) is 0 Å². The normalized spacial score (nSPS) is 26.4. The van der Waals surface area contributed by atoms with Gasteiger partial charge in [-0.05, 0) is 30.9 Å². The van der Waals surface area contributed by atoms with Crippen LogP contribution in [0.25, 0.3) is 0 Å². The molecule has 0 saturated carbocycles. The standard InChI is InChI=1S/C20H22ClN3O2S/c1-13(25)24-16-6-7-18(24)20(9-16,8-15-11-27-12-23-15)19(26)22-10-14-4-2-3-5-17(14)21/h2-5,11-12,16,18H,6-10H2,1H3,(H,22,26)/t16-,18+,20+/m1/s1. The molecule has 0 radical (unpaired) electrons. The van der Waals surface area contributed by atoms with Gasteiger partial charge in [0.2, 0.25) is 11.8 Å². The number of halogens is 1. The van der Waals surface area contributed by atoms with E-state index in [4.69, 9.17) is 11.6 Å². The third-order valence-corrected chi connectivity index (χ3v) is 6.94. The van der Waals surface area contributed by atoms with Gasteiger partial charge in [0.15, 0.2) is 0 Å². The predicted octanol–water partition coefficient (Wildman–Crippen LogP) is 3.43. The van der Waals surface area contributed by atoms with Crippen LogP contribution in [-0.2, 0) is 22.6 Å². The van der Waals surface area contributed by atoms with E-state index < -0.39 is 5.41 Å². The number of rotatable bonds is 5. The molecule has 0 unspecified atom stereocenters. The summed E-state index contributed by atoms with van der Waals surface area (Å²) >= 11 is 7.76. The third kappa shape index (κ3) is 3.25. The first kappa shape index (κ1) is 18.4. The summed E-state index contributed by atoms with van der Waals surface area (Å²) in [6.07, 6.45) is 3.10. The maximum Gasteiger partial charge on any atom is 0.229 e. The molecule has 2 aromatic rings. The van der Waals surface area contributed by atoms with Crippen LogP contribution in [0.5, 0.6) is 0 Å². The van der Waals surface area contributed by atoms with Crippen LogP contribution in [0.3, 0.4) is 0 Å². The van der Waals surface area contributed by atoms with Crippen molar-refractivity contribution in [1.29, 1.82) is 0 Å². The molecule has 4 rings (SSSR count). The summed E-state index contributed by atoms with van der Waals surface area (Å²) in [6, 6.07) is 7.61. The molecule has 5 nitrogen and oxygen atoms in total. The van der Waals surface area contributed by atoms with Crippen LogP contribution < -0.4 is 5.32 Å². The lowest BCUT2D eigenvalue weighted by molar-refractivity contribution is -0.135. The summed E-state index contributed by atoms with van der Waals surface area (Å²) in [5.74, 6) is 0.0513. The van der Waals surface area contributed by atoms with E-state index in [0.29, 0.717) is 24.4 Å². The maximum absolute atomic E-state index is 13.4. The molecule has 3 heterocycles. The van der Waals surface area contributed by atoms with Gasteiger partial charge in [0, 0.05) is 42.4 Å². The summed E-state index contributed by atoms with van der Waals surface area (Å²) in [5, 5.41) is 5.73. The lowest BCUT2D eigenvalue weighted by Gasteiger charge is -2.35. The molecule has 2 amide bonds. The van der Waals surface area contributed by atoms with Crippen LogP contribution >= 0.6 is 22.9 Å². The molecule has 1 aromatic heterocycles. The minimum atomic E-state index is -0.621. The third-order valence-electron chi connectivity index (χ3n) is 5.93. The number of nitrogens with one attached hydrogen (secondary N) is 1. The molecule has 7 heteroatoms. The molecule has 1 N–H and O–H groups in total. The van der Waals surface area contributed by atoms with Gasteiger partial charge >= 0.3 is 0 Å². The summed E-state index contributed by atoms with van der Waals surface area (Å²) in [5.41, 5.74) is 2.98. The fourth-order valence-electron chi connectivity index (χ4n) is 4.81. The Hall–Kier alpha value is -1.92. The van der Waals surface area contributed by atoms with Crippen molar-refractivity contribution in [3.8, 4) is 0 Å². The summed E-state index contributed by atoms with van der Waals surface area (Å²) in [6.45, 7) is 1.99. The van der Waals surface area contributed by atoms with Gasteiger partial charge in [0.05, 0.1) is 16.6 Å². The lowest BCUT2D eigenvalue weighted by Crippen LogP contribution is -2.51. The van der Waals surface area contributed by atoms with Crippen molar-refractivity contribution in [1.82, 2.24) is 15.2 Å². The van der Waals surface area contributed by atoms with Crippen molar-refractivity contribution >= 4 is 34.8 Å². The molecule has 2 fully saturated rings. The van der Waals surface area contributed by atoms with Crippen LogP contribution in [0.15, 0.2) is 35.2 Å². The average molecular weight is 404 g/mol. The highest BCUT2D eigenvalue weighted by Gasteiger charge is 2.60. The zero-order valence-electron chi connectivity index (χ0n) is 15.2. The van der Waals surface area contributed by atoms with Crippen molar-refractivity contribution in [2.24, 2.45) is 5.41 Å². The van der Waals surface area contributed by atoms with E-state index in [-0.39, 0.29) is 23.9 Å². The second-order valence-corrected chi connectivity index (χ2v) is 8.59. The van der Waals surface area contributed by atoms with Gasteiger partial charge in [-0.15, -0.1) is 11.3 Å². The first-order valence-corrected chi connectivity index (χ1v) is 10.5. The highest BCUT2D eigenvalue weighted by Crippen LogP contribution is 2.51. The Morgan fingerprint density at radius 1 is 1.37 bits per heavy atom. The molecular formula is C20H22ClN3O2S. The fourth-order valence-corrected chi connectivity index (χ4v) is 5.58. The highest BCUT2D eigenvalue weighted by molar-refractivity contribution is 7.07. The van der Waals surface area contributed by atoms with Crippen LogP contribution in [0.4, 0.5) is 0 Å². The first-order chi connectivity index (χ1) is 13.0. The van der Waals surface area contributed by atoms with E-state index in [2.05, 4.69) is 10.3 Å². The number of hydrogen-bond acceptors (Lipinski definition) is 4. The molecule has 0 aliphatic carbocycles. The molecule has 0 spiro atoms. The van der Waals surface area contributed by atoms with Gasteiger partial charge in [-0.3, -0.25) is 9.59 Å². The van der Waals surface area contributed by atoms with Crippen LogP contribution in [0, 0.1) is 5.41 Å². The summed E-state index contributed by atoms with van der Waals surface area (Å²) < 4.78 is 0. The molecule has 3 atom stereocenters. The Morgan fingerprint density at radius 2 is 2.19 bits per heavy atom. The number of fused-ring (bicyclic) bond motifs is 2. The highest BCUT2D eigenvalue weighted by atomic mass is 35.5. The van der Waals surface area contributed by atoms with Crippen LogP contribution in [0.1, 0.15) is 37.4 Å². The Balaban J connectivity index is 1.60. The monoisotopic (exact) mass is 403 g/mol. The molecule has 2 saturated heterocycles. The SMILES string of the molecule is CC(=O)N1[C@@H]2CC[C@H]1[C@@](Cc1cscn1)(C(=O)NCc1ccccc1Cl)C2. The number of amides is 2. The lowest BCUT2D eigenvalue weighted by atomic mass is 9.70. The van der Waals surface area contributed by atoms with Gasteiger partial charge in [-0.2, -0.15) is 0 Å². The number of benzene rings is 1. The molecule has 2 aliphatic heterocycles. The van der Waals surface area contributed by atoms with Crippen molar-refractivity contribution in [3.63, 3.8) is 0 Å². The van der Waals surface area contributed by atoms with E-state index in [1.54, 1.807) is 12.4 Å². The van der Waals surface area contributed by atoms with Crippen LogP contribution in [0.2, 0.25) is 5.02 Å². The minimum Gasteiger partial charge on any atom is -0.351 e. The Kier molecular flexibility index (Phi) is 4.95. The zero-order valence-corrected chi connectivity index (χ0v) is 16.7. The first-order valence-electron chi connectivity index (χ1n) is 9.19. The van der Waals surface area contributed by atoms with Crippen molar-refractivity contribution < 1.29 is 9.59 Å². The van der Waals surface area contributed by atoms with Crippen LogP contribution in [-0.4, -0.2) is 33.8 Å². The van der Waals surface area contributed by atoms with Crippen molar-refractivity contribution in [3.05, 3.63) is 51.4 Å². The molecule has 2 aliphatic rings. The number of carbonyl (C=O) groups excluding carboxylic acids is 2. The smallest absolute Gasteiger partial charge is 0.229 e. The Bertz CT molecular complexity index is 857. The van der Waals surface area contributed by atoms with Gasteiger partial charge < -0.3 is 10.2 Å². The largest absolute Gasteiger partial charge is 0.351 e. The van der Waals surface area contributed by atoms with E-state index in [1.165, 1.54) is 11.3 Å². The Morgan fingerprint density at radius 3 is 2.85 bits per heavy atom. The van der Waals surface area contributed by atoms with Gasteiger partial charge in [-0.25, -0.2) is 4.98 Å². The second kappa shape index (κ2) is 7.24. The number of hydrogen-bond donors (Lipinski definition) is 1. The second-order valence-electron chi connectivity index (χ2n) is 7.46. The number of aromatic nitrogens is 1. The van der Waals surface area contributed by atoms with E-state index in [1.807, 2.05) is 34.5 Å². The number of carbonyl (C=O) groups is 2. The predicted molar refractivity (Wildman–Crippen MR) is 105 cm³/mol. The fraction of sp³-hybridized carbons (Fsp3) is 0.450. The topological polar surface area (TPSA) is 62.3 Å². The average Bonchev–Trinajstić information content (AvgIpc) is 3.36. The molecular weight excluding hydrogens is 382 g/mol. The van der Waals surface area contributed by atoms with E-state index in [9.17, 15) is 9.59 Å². The summed E-state index contributed by atoms with van der Waals surface area (Å²) in [7, 11) is 0. The molecule has 2 bridgehead atoms.